The van der Waals surface area contributed by atoms with Crippen LogP contribution < -0.4 is 10.2 Å². The van der Waals surface area contributed by atoms with Crippen LogP contribution in [0.1, 0.15) is 41.8 Å². The maximum Gasteiger partial charge on any atom is 0.416 e. The molecule has 2 amide bonds. The molecule has 0 radical (unpaired) electrons. The second-order valence-corrected chi connectivity index (χ2v) is 8.24. The van der Waals surface area contributed by atoms with E-state index in [2.05, 4.69) is 24.1 Å². The molecule has 1 aromatic carbocycles. The van der Waals surface area contributed by atoms with E-state index < -0.39 is 11.7 Å². The van der Waals surface area contributed by atoms with Gasteiger partial charge in [-0.3, -0.25) is 9.59 Å². The number of hydrogen-bond donors (Lipinski definition) is 1. The fourth-order valence-electron chi connectivity index (χ4n) is 3.50. The molecule has 3 rings (SSSR count). The minimum atomic E-state index is -4.46. The van der Waals surface area contributed by atoms with Crippen LogP contribution >= 0.6 is 0 Å². The van der Waals surface area contributed by atoms with Crippen LogP contribution in [0.25, 0.3) is 0 Å². The molecule has 0 atom stereocenters. The lowest BCUT2D eigenvalue weighted by Gasteiger charge is -2.35. The van der Waals surface area contributed by atoms with Gasteiger partial charge < -0.3 is 15.1 Å². The van der Waals surface area contributed by atoms with Gasteiger partial charge >= 0.3 is 6.18 Å². The van der Waals surface area contributed by atoms with E-state index in [1.165, 1.54) is 29.3 Å². The third-order valence-corrected chi connectivity index (χ3v) is 5.34. The maximum atomic E-state index is 13.2. The van der Waals surface area contributed by atoms with Crippen LogP contribution in [0.4, 0.5) is 19.0 Å². The second kappa shape index (κ2) is 10.0. The van der Waals surface area contributed by atoms with Crippen LogP contribution in [0.5, 0.6) is 0 Å². The van der Waals surface area contributed by atoms with Gasteiger partial charge in [-0.05, 0) is 36.1 Å². The van der Waals surface area contributed by atoms with Crippen LogP contribution in [0.2, 0.25) is 0 Å². The fraction of sp³-hybridized carbons (Fsp3) is 0.435. The first-order chi connectivity index (χ1) is 15.1. The minimum Gasteiger partial charge on any atom is -0.352 e. The van der Waals surface area contributed by atoms with E-state index in [0.29, 0.717) is 30.4 Å². The number of carbonyl (C=O) groups excluding carboxylic acids is 2. The summed E-state index contributed by atoms with van der Waals surface area (Å²) in [7, 11) is 0. The van der Waals surface area contributed by atoms with Gasteiger partial charge in [-0.1, -0.05) is 32.0 Å². The molecule has 32 heavy (non-hydrogen) atoms. The van der Waals surface area contributed by atoms with E-state index in [0.717, 1.165) is 12.5 Å². The van der Waals surface area contributed by atoms with Gasteiger partial charge in [0, 0.05) is 32.4 Å². The van der Waals surface area contributed by atoms with Crippen molar-refractivity contribution in [2.75, 3.05) is 31.1 Å². The molecule has 1 aliphatic rings. The van der Waals surface area contributed by atoms with Crippen LogP contribution in [-0.2, 0) is 17.5 Å². The van der Waals surface area contributed by atoms with Crippen molar-refractivity contribution < 1.29 is 22.8 Å². The molecular formula is C23H27F3N4O2. The van der Waals surface area contributed by atoms with Gasteiger partial charge in [-0.15, -0.1) is 0 Å². The molecule has 0 spiro atoms. The lowest BCUT2D eigenvalue weighted by atomic mass is 10.1. The van der Waals surface area contributed by atoms with E-state index in [4.69, 9.17) is 0 Å². The maximum absolute atomic E-state index is 13.2. The largest absolute Gasteiger partial charge is 0.416 e. The Morgan fingerprint density at radius 1 is 1.16 bits per heavy atom. The Labute approximate surface area is 185 Å². The molecule has 0 unspecified atom stereocenters. The standard InChI is InChI=1S/C23H27F3N4O2/c1-16(2)9-10-27-22(32)17-7-8-20(28-13-17)29-11-12-30(21(31)15-29)14-18-5-3-4-6-19(18)23(24,25)26/h3-8,13,16H,9-12,14-15H2,1-2H3,(H,27,32). The summed E-state index contributed by atoms with van der Waals surface area (Å²) in [4.78, 5) is 32.3. The molecule has 172 valence electrons. The highest BCUT2D eigenvalue weighted by molar-refractivity contribution is 5.94. The van der Waals surface area contributed by atoms with Crippen LogP contribution in [0.15, 0.2) is 42.6 Å². The van der Waals surface area contributed by atoms with Gasteiger partial charge in [0.2, 0.25) is 5.91 Å². The third kappa shape index (κ3) is 5.99. The Morgan fingerprint density at radius 2 is 1.91 bits per heavy atom. The van der Waals surface area contributed by atoms with Crippen molar-refractivity contribution in [3.05, 3.63) is 59.3 Å². The Balaban J connectivity index is 1.59. The van der Waals surface area contributed by atoms with Crippen molar-refractivity contribution in [1.82, 2.24) is 15.2 Å². The molecule has 1 aliphatic heterocycles. The van der Waals surface area contributed by atoms with Crippen molar-refractivity contribution in [1.29, 1.82) is 0 Å². The zero-order valence-electron chi connectivity index (χ0n) is 18.2. The molecule has 1 aromatic heterocycles. The summed E-state index contributed by atoms with van der Waals surface area (Å²) in [6.45, 7) is 5.40. The summed E-state index contributed by atoms with van der Waals surface area (Å²) >= 11 is 0. The van der Waals surface area contributed by atoms with Gasteiger partial charge in [-0.2, -0.15) is 13.2 Å². The first-order valence-electron chi connectivity index (χ1n) is 10.6. The summed E-state index contributed by atoms with van der Waals surface area (Å²) in [5.74, 6) is 0.570. The molecule has 1 fully saturated rings. The molecule has 2 heterocycles. The number of aromatic nitrogens is 1. The zero-order chi connectivity index (χ0) is 23.3. The van der Waals surface area contributed by atoms with Crippen molar-refractivity contribution in [2.45, 2.75) is 33.0 Å². The zero-order valence-corrected chi connectivity index (χ0v) is 18.2. The highest BCUT2D eigenvalue weighted by Crippen LogP contribution is 2.32. The fourth-order valence-corrected chi connectivity index (χ4v) is 3.50. The summed E-state index contributed by atoms with van der Waals surface area (Å²) in [6.07, 6.45) is -2.11. The van der Waals surface area contributed by atoms with Crippen LogP contribution in [-0.4, -0.2) is 47.9 Å². The highest BCUT2D eigenvalue weighted by atomic mass is 19.4. The van der Waals surface area contributed by atoms with E-state index in [9.17, 15) is 22.8 Å². The van der Waals surface area contributed by atoms with Crippen molar-refractivity contribution in [3.8, 4) is 0 Å². The van der Waals surface area contributed by atoms with E-state index >= 15 is 0 Å². The molecule has 6 nitrogen and oxygen atoms in total. The number of pyridine rings is 1. The molecular weight excluding hydrogens is 421 g/mol. The lowest BCUT2D eigenvalue weighted by Crippen LogP contribution is -2.50. The third-order valence-electron chi connectivity index (χ3n) is 5.34. The smallest absolute Gasteiger partial charge is 0.352 e. The number of carbonyl (C=O) groups is 2. The summed E-state index contributed by atoms with van der Waals surface area (Å²) in [6, 6.07) is 8.64. The van der Waals surface area contributed by atoms with Crippen LogP contribution in [0, 0.1) is 5.92 Å². The molecule has 1 saturated heterocycles. The first-order valence-corrected chi connectivity index (χ1v) is 10.6. The number of hydrogen-bond acceptors (Lipinski definition) is 4. The highest BCUT2D eigenvalue weighted by Gasteiger charge is 2.34. The van der Waals surface area contributed by atoms with Gasteiger partial charge in [0.1, 0.15) is 5.82 Å². The van der Waals surface area contributed by atoms with E-state index in [1.807, 2.05) is 0 Å². The van der Waals surface area contributed by atoms with Gasteiger partial charge in [-0.25, -0.2) is 4.98 Å². The number of nitrogens with one attached hydrogen (secondary N) is 1. The molecule has 0 aliphatic carbocycles. The average molecular weight is 448 g/mol. The van der Waals surface area contributed by atoms with E-state index in [-0.39, 0.29) is 37.0 Å². The number of alkyl halides is 3. The summed E-state index contributed by atoms with van der Waals surface area (Å²) < 4.78 is 39.7. The second-order valence-electron chi connectivity index (χ2n) is 8.24. The quantitative estimate of drug-likeness (QED) is 0.701. The van der Waals surface area contributed by atoms with Gasteiger partial charge in [0.25, 0.3) is 5.91 Å². The van der Waals surface area contributed by atoms with Crippen LogP contribution in [0.3, 0.4) is 0 Å². The Kier molecular flexibility index (Phi) is 7.37. The summed E-state index contributed by atoms with van der Waals surface area (Å²) in [5, 5.41) is 2.85. The summed E-state index contributed by atoms with van der Waals surface area (Å²) in [5.41, 5.74) is -0.210. The molecule has 1 N–H and O–H groups in total. The predicted molar refractivity (Wildman–Crippen MR) is 115 cm³/mol. The van der Waals surface area contributed by atoms with Gasteiger partial charge in [0.15, 0.2) is 0 Å². The van der Waals surface area contributed by atoms with E-state index in [1.54, 1.807) is 17.0 Å². The van der Waals surface area contributed by atoms with Gasteiger partial charge in [0.05, 0.1) is 17.7 Å². The molecule has 0 bridgehead atoms. The molecule has 0 saturated carbocycles. The SMILES string of the molecule is CC(C)CCNC(=O)c1ccc(N2CCN(Cc3ccccc3C(F)(F)F)C(=O)C2)nc1. The molecule has 2 aromatic rings. The average Bonchev–Trinajstić information content (AvgIpc) is 2.74. The number of benzene rings is 1. The molecule has 9 heteroatoms. The Bertz CT molecular complexity index is 945. The monoisotopic (exact) mass is 448 g/mol. The van der Waals surface area contributed by atoms with Crippen molar-refractivity contribution in [2.24, 2.45) is 5.92 Å². The Hall–Kier alpha value is -3.10. The number of anilines is 1. The first kappa shape index (κ1) is 23.6. The number of halogens is 3. The lowest BCUT2D eigenvalue weighted by molar-refractivity contribution is -0.140. The van der Waals surface area contributed by atoms with Crippen molar-refractivity contribution in [3.63, 3.8) is 0 Å². The topological polar surface area (TPSA) is 65.5 Å². The normalized spacial score (nSPS) is 14.8. The Morgan fingerprint density at radius 3 is 2.53 bits per heavy atom. The number of rotatable bonds is 7. The predicted octanol–water partition coefficient (Wildman–Crippen LogP) is 3.73. The van der Waals surface area contributed by atoms with Crippen molar-refractivity contribution >= 4 is 17.6 Å². The minimum absolute atomic E-state index is 0.0150. The number of nitrogens with zero attached hydrogens (tertiary/aromatic N) is 3. The number of piperazine rings is 1. The number of amides is 2.